The van der Waals surface area contributed by atoms with E-state index in [0.29, 0.717) is 5.92 Å². The Hall–Kier alpha value is -0.830. The quantitative estimate of drug-likeness (QED) is 0.730. The van der Waals surface area contributed by atoms with Crippen LogP contribution in [0, 0.1) is 17.2 Å². The van der Waals surface area contributed by atoms with Crippen molar-refractivity contribution in [2.75, 3.05) is 6.54 Å². The number of nitrogens with one attached hydrogen (secondary N) is 1. The van der Waals surface area contributed by atoms with Crippen molar-refractivity contribution < 1.29 is 4.79 Å². The molecule has 0 radical (unpaired) electrons. The molecular formula is C13H21ClN4O. The van der Waals surface area contributed by atoms with Crippen LogP contribution in [0.25, 0.3) is 0 Å². The van der Waals surface area contributed by atoms with Crippen LogP contribution in [-0.2, 0) is 4.79 Å². The second kappa shape index (κ2) is 5.66. The second-order valence-corrected chi connectivity index (χ2v) is 5.81. The van der Waals surface area contributed by atoms with E-state index < -0.39 is 0 Å². The van der Waals surface area contributed by atoms with Gasteiger partial charge in [0.15, 0.2) is 0 Å². The summed E-state index contributed by atoms with van der Waals surface area (Å²) in [4.78, 5) is 14.3. The summed E-state index contributed by atoms with van der Waals surface area (Å²) in [5.41, 5.74) is 6.05. The van der Waals surface area contributed by atoms with E-state index in [2.05, 4.69) is 11.4 Å². The second-order valence-electron chi connectivity index (χ2n) is 5.81. The molecule has 2 bridgehead atoms. The summed E-state index contributed by atoms with van der Waals surface area (Å²) in [5, 5.41) is 12.5. The van der Waals surface area contributed by atoms with Crippen molar-refractivity contribution in [2.24, 2.45) is 11.7 Å². The third-order valence-electron chi connectivity index (χ3n) is 4.76. The molecule has 5 nitrogen and oxygen atoms in total. The number of fused-ring (bicyclic) bond motifs is 3. The number of carbonyl (C=O) groups is 1. The zero-order valence-corrected chi connectivity index (χ0v) is 11.7. The summed E-state index contributed by atoms with van der Waals surface area (Å²) in [6.45, 7) is 0.735. The first-order valence-electron chi connectivity index (χ1n) is 6.92. The minimum Gasteiger partial charge on any atom is -0.326 e. The first kappa shape index (κ1) is 14.6. The molecule has 3 saturated heterocycles. The maximum Gasteiger partial charge on any atom is 0.241 e. The summed E-state index contributed by atoms with van der Waals surface area (Å²) in [6.07, 6.45) is 4.89. The average Bonchev–Trinajstić information content (AvgIpc) is 2.86. The zero-order chi connectivity index (χ0) is 12.7. The summed E-state index contributed by atoms with van der Waals surface area (Å²) < 4.78 is 0. The van der Waals surface area contributed by atoms with Crippen molar-refractivity contribution in [1.29, 1.82) is 5.26 Å². The fourth-order valence-electron chi connectivity index (χ4n) is 3.73. The molecule has 0 spiro atoms. The number of amides is 1. The Morgan fingerprint density at radius 3 is 2.74 bits per heavy atom. The molecule has 0 aromatic rings. The summed E-state index contributed by atoms with van der Waals surface area (Å²) in [5.74, 6) is 0.484. The molecule has 3 aliphatic heterocycles. The van der Waals surface area contributed by atoms with Gasteiger partial charge in [-0.05, 0) is 38.0 Å². The monoisotopic (exact) mass is 284 g/mol. The fraction of sp³-hybridized carbons (Fsp3) is 0.846. The Bertz CT molecular complexity index is 397. The largest absolute Gasteiger partial charge is 0.326 e. The van der Waals surface area contributed by atoms with Crippen molar-refractivity contribution in [3.63, 3.8) is 0 Å². The normalized spacial score (nSPS) is 40.6. The number of rotatable bonds is 1. The van der Waals surface area contributed by atoms with Crippen molar-refractivity contribution in [1.82, 2.24) is 10.2 Å². The summed E-state index contributed by atoms with van der Waals surface area (Å²) >= 11 is 0. The Labute approximate surface area is 119 Å². The predicted molar refractivity (Wildman–Crippen MR) is 73.6 cm³/mol. The molecule has 0 aromatic heterocycles. The van der Waals surface area contributed by atoms with Crippen LogP contribution in [0.3, 0.4) is 0 Å². The highest BCUT2D eigenvalue weighted by atomic mass is 35.5. The van der Waals surface area contributed by atoms with Gasteiger partial charge in [0.05, 0.1) is 12.1 Å². The van der Waals surface area contributed by atoms with E-state index in [9.17, 15) is 4.79 Å². The smallest absolute Gasteiger partial charge is 0.241 e. The van der Waals surface area contributed by atoms with Crippen LogP contribution in [0.1, 0.15) is 32.1 Å². The van der Waals surface area contributed by atoms with Crippen molar-refractivity contribution in [3.05, 3.63) is 0 Å². The Balaban J connectivity index is 0.00000133. The third-order valence-corrected chi connectivity index (χ3v) is 4.76. The minimum absolute atomic E-state index is 0. The van der Waals surface area contributed by atoms with Crippen LogP contribution in [0.4, 0.5) is 0 Å². The average molecular weight is 285 g/mol. The Kier molecular flexibility index (Phi) is 4.34. The maximum absolute atomic E-state index is 12.5. The number of hydrogen-bond acceptors (Lipinski definition) is 4. The summed E-state index contributed by atoms with van der Waals surface area (Å²) in [7, 11) is 0. The molecule has 5 atom stereocenters. The lowest BCUT2D eigenvalue weighted by Gasteiger charge is -2.47. The molecule has 4 fully saturated rings. The molecule has 106 valence electrons. The van der Waals surface area contributed by atoms with Crippen LogP contribution in [0.15, 0.2) is 0 Å². The van der Waals surface area contributed by atoms with E-state index in [0.717, 1.165) is 38.6 Å². The van der Waals surface area contributed by atoms with E-state index >= 15 is 0 Å². The van der Waals surface area contributed by atoms with Gasteiger partial charge in [-0.15, -0.1) is 12.4 Å². The van der Waals surface area contributed by atoms with Gasteiger partial charge in [0.1, 0.15) is 6.04 Å². The number of nitrogens with two attached hydrogens (primary N) is 1. The first-order valence-corrected chi connectivity index (χ1v) is 6.92. The first-order chi connectivity index (χ1) is 8.70. The standard InChI is InChI=1S/C13H20N4O.ClH/c14-7-9-2-1-5-17(9)13(18)12-8-3-4-11(16-12)10(15)6-8;/h8-12,16H,1-6,15H2;1H/t8-,9-,10-,11+,12-;/m0./s1. The molecule has 4 rings (SSSR count). The number of carbonyl (C=O) groups excluding carboxylic acids is 1. The Morgan fingerprint density at radius 2 is 2.16 bits per heavy atom. The predicted octanol–water partition coefficient (Wildman–Crippen LogP) is 0.391. The molecule has 1 amide bonds. The van der Waals surface area contributed by atoms with E-state index in [1.54, 1.807) is 4.90 Å². The number of hydrogen-bond donors (Lipinski definition) is 2. The molecule has 3 heterocycles. The highest BCUT2D eigenvalue weighted by Crippen LogP contribution is 2.34. The van der Waals surface area contributed by atoms with Gasteiger partial charge in [0.25, 0.3) is 0 Å². The van der Waals surface area contributed by atoms with Crippen LogP contribution in [-0.4, -0.2) is 41.5 Å². The number of halogens is 1. The molecule has 19 heavy (non-hydrogen) atoms. The SMILES string of the molecule is Cl.N#C[C@@H]1CCCN1C(=O)[C@H]1N[C@@H]2CC[C@H]1C[C@@H]2N. The fourth-order valence-corrected chi connectivity index (χ4v) is 3.73. The van der Waals surface area contributed by atoms with E-state index in [1.807, 2.05) is 0 Å². The maximum atomic E-state index is 12.5. The van der Waals surface area contributed by atoms with E-state index in [4.69, 9.17) is 11.0 Å². The molecule has 4 aliphatic rings. The molecule has 6 heteroatoms. The zero-order valence-electron chi connectivity index (χ0n) is 10.9. The van der Waals surface area contributed by atoms with Crippen molar-refractivity contribution >= 4 is 18.3 Å². The number of piperidine rings is 2. The number of likely N-dealkylation sites (tertiary alicyclic amines) is 1. The van der Waals surface area contributed by atoms with Crippen LogP contribution >= 0.6 is 12.4 Å². The topological polar surface area (TPSA) is 82.2 Å². The van der Waals surface area contributed by atoms with Gasteiger partial charge in [-0.1, -0.05) is 0 Å². The van der Waals surface area contributed by atoms with Gasteiger partial charge in [-0.3, -0.25) is 4.79 Å². The van der Waals surface area contributed by atoms with Gasteiger partial charge in [0, 0.05) is 18.6 Å². The van der Waals surface area contributed by atoms with Crippen LogP contribution < -0.4 is 11.1 Å². The molecule has 0 unspecified atom stereocenters. The molecule has 1 aliphatic carbocycles. The van der Waals surface area contributed by atoms with Crippen LogP contribution in [0.2, 0.25) is 0 Å². The van der Waals surface area contributed by atoms with Gasteiger partial charge in [0.2, 0.25) is 5.91 Å². The molecule has 1 saturated carbocycles. The minimum atomic E-state index is -0.214. The molecule has 3 N–H and O–H groups in total. The van der Waals surface area contributed by atoms with Crippen LogP contribution in [0.5, 0.6) is 0 Å². The van der Waals surface area contributed by atoms with Gasteiger partial charge < -0.3 is 16.0 Å². The van der Waals surface area contributed by atoms with Crippen molar-refractivity contribution in [3.8, 4) is 6.07 Å². The highest BCUT2D eigenvalue weighted by Gasteiger charge is 2.45. The number of nitriles is 1. The lowest BCUT2D eigenvalue weighted by atomic mass is 9.73. The highest BCUT2D eigenvalue weighted by molar-refractivity contribution is 5.85. The summed E-state index contributed by atoms with van der Waals surface area (Å²) in [6, 6.07) is 2.40. The van der Waals surface area contributed by atoms with Gasteiger partial charge in [-0.25, -0.2) is 0 Å². The van der Waals surface area contributed by atoms with Crippen molar-refractivity contribution in [2.45, 2.75) is 56.3 Å². The van der Waals surface area contributed by atoms with Gasteiger partial charge >= 0.3 is 0 Å². The lowest BCUT2D eigenvalue weighted by Crippen LogP contribution is -2.66. The van der Waals surface area contributed by atoms with E-state index in [-0.39, 0.29) is 42.5 Å². The molecule has 0 aromatic carbocycles. The van der Waals surface area contributed by atoms with Gasteiger partial charge in [-0.2, -0.15) is 5.26 Å². The Morgan fingerprint density at radius 1 is 1.37 bits per heavy atom. The number of nitrogens with zero attached hydrogens (tertiary/aromatic N) is 2. The lowest BCUT2D eigenvalue weighted by molar-refractivity contribution is -0.137. The molecular weight excluding hydrogens is 264 g/mol. The third kappa shape index (κ3) is 2.45. The van der Waals surface area contributed by atoms with E-state index in [1.165, 1.54) is 0 Å².